The van der Waals surface area contributed by atoms with Crippen LogP contribution in [0.1, 0.15) is 0 Å². The van der Waals surface area contributed by atoms with Gasteiger partial charge in [-0.2, -0.15) is 0 Å². The molecule has 0 spiro atoms. The molecule has 1 atom stereocenters. The number of methoxy groups -OCH3 is 3. The van der Waals surface area contributed by atoms with Crippen molar-refractivity contribution in [3.8, 4) is 0 Å². The van der Waals surface area contributed by atoms with Gasteiger partial charge in [0.1, 0.15) is 0 Å². The molecule has 0 saturated heterocycles. The van der Waals surface area contributed by atoms with Crippen molar-refractivity contribution in [1.29, 1.82) is 0 Å². The zero-order valence-corrected chi connectivity index (χ0v) is 11.4. The smallest absolute Gasteiger partial charge is 0.197 e. The Kier molecular flexibility index (Phi) is 13.0. The van der Waals surface area contributed by atoms with Crippen LogP contribution in [0.15, 0.2) is 0 Å². The molecule has 0 fully saturated rings. The van der Waals surface area contributed by atoms with Gasteiger partial charge in [0.05, 0.1) is 39.6 Å². The second-order valence-corrected chi connectivity index (χ2v) is 3.42. The average Bonchev–Trinajstić information content (AvgIpc) is 2.37. The molecular weight excluding hydrogens is 242 g/mol. The molecule has 0 saturated carbocycles. The number of nitrogens with two attached hydrogens (primary N) is 1. The van der Waals surface area contributed by atoms with E-state index in [4.69, 9.17) is 34.2 Å². The van der Waals surface area contributed by atoms with Crippen molar-refractivity contribution in [2.24, 2.45) is 5.73 Å². The lowest BCUT2D eigenvalue weighted by atomic mass is 10.5. The Labute approximate surface area is 108 Å². The quantitative estimate of drug-likeness (QED) is 0.359. The van der Waals surface area contributed by atoms with E-state index in [0.717, 1.165) is 0 Å². The molecule has 110 valence electrons. The molecular formula is C11H25NO6. The molecule has 7 heteroatoms. The Morgan fingerprint density at radius 3 is 1.44 bits per heavy atom. The molecule has 0 aromatic carbocycles. The van der Waals surface area contributed by atoms with E-state index in [-0.39, 0.29) is 0 Å². The summed E-state index contributed by atoms with van der Waals surface area (Å²) in [5, 5.41) is 0. The first-order chi connectivity index (χ1) is 8.76. The van der Waals surface area contributed by atoms with Crippen LogP contribution in [0.2, 0.25) is 0 Å². The van der Waals surface area contributed by atoms with E-state index in [1.54, 1.807) is 21.3 Å². The minimum atomic E-state index is -0.672. The molecule has 0 amide bonds. The number of rotatable bonds is 13. The largest absolute Gasteiger partial charge is 0.382 e. The van der Waals surface area contributed by atoms with E-state index in [9.17, 15) is 0 Å². The summed E-state index contributed by atoms with van der Waals surface area (Å²) in [6.45, 7) is 2.56. The molecule has 7 nitrogen and oxygen atoms in total. The van der Waals surface area contributed by atoms with Gasteiger partial charge in [-0.1, -0.05) is 0 Å². The standard InChI is InChI=1S/C11H25NO6/c1-13-4-7-16-10(12)11(17-8-5-14-2)18-9-6-15-3/h10-11H,4-9,12H2,1-3H3. The van der Waals surface area contributed by atoms with Crippen LogP contribution in [0.5, 0.6) is 0 Å². The molecule has 0 aliphatic heterocycles. The Bertz CT molecular complexity index is 162. The minimum absolute atomic E-state index is 0.384. The Morgan fingerprint density at radius 1 is 0.667 bits per heavy atom. The van der Waals surface area contributed by atoms with Crippen molar-refractivity contribution in [2.75, 3.05) is 61.0 Å². The van der Waals surface area contributed by atoms with Crippen LogP contribution in [0.25, 0.3) is 0 Å². The van der Waals surface area contributed by atoms with Crippen LogP contribution in [0, 0.1) is 0 Å². The molecule has 0 aromatic rings. The molecule has 2 N–H and O–H groups in total. The van der Waals surface area contributed by atoms with Crippen molar-refractivity contribution in [2.45, 2.75) is 12.5 Å². The highest BCUT2D eigenvalue weighted by Gasteiger charge is 2.19. The van der Waals surface area contributed by atoms with E-state index in [0.29, 0.717) is 39.6 Å². The van der Waals surface area contributed by atoms with E-state index in [1.165, 1.54) is 0 Å². The van der Waals surface area contributed by atoms with Crippen LogP contribution < -0.4 is 5.73 Å². The first kappa shape index (κ1) is 17.7. The van der Waals surface area contributed by atoms with E-state index < -0.39 is 12.5 Å². The van der Waals surface area contributed by atoms with Gasteiger partial charge in [-0.3, -0.25) is 0 Å². The summed E-state index contributed by atoms with van der Waals surface area (Å²) in [4.78, 5) is 0. The highest BCUT2D eigenvalue weighted by atomic mass is 16.7. The zero-order valence-electron chi connectivity index (χ0n) is 11.4. The van der Waals surface area contributed by atoms with Gasteiger partial charge in [-0.05, 0) is 0 Å². The van der Waals surface area contributed by atoms with Gasteiger partial charge in [0.25, 0.3) is 0 Å². The van der Waals surface area contributed by atoms with Gasteiger partial charge in [-0.15, -0.1) is 0 Å². The van der Waals surface area contributed by atoms with Crippen LogP contribution in [0.3, 0.4) is 0 Å². The number of hydrogen-bond donors (Lipinski definition) is 1. The van der Waals surface area contributed by atoms with Crippen LogP contribution in [-0.4, -0.2) is 73.5 Å². The summed E-state index contributed by atoms with van der Waals surface area (Å²) < 4.78 is 30.8. The molecule has 18 heavy (non-hydrogen) atoms. The molecule has 0 rings (SSSR count). The second kappa shape index (κ2) is 13.2. The molecule has 0 radical (unpaired) electrons. The predicted molar refractivity (Wildman–Crippen MR) is 65.2 cm³/mol. The summed E-state index contributed by atoms with van der Waals surface area (Å²) in [5.74, 6) is 0. The van der Waals surface area contributed by atoms with Crippen LogP contribution in [0.4, 0.5) is 0 Å². The highest BCUT2D eigenvalue weighted by Crippen LogP contribution is 2.02. The minimum Gasteiger partial charge on any atom is -0.382 e. The summed E-state index contributed by atoms with van der Waals surface area (Å²) in [5.41, 5.74) is 5.81. The molecule has 0 aliphatic rings. The van der Waals surface area contributed by atoms with Crippen molar-refractivity contribution in [1.82, 2.24) is 0 Å². The van der Waals surface area contributed by atoms with Gasteiger partial charge in [0.2, 0.25) is 0 Å². The number of hydrogen-bond acceptors (Lipinski definition) is 7. The highest BCUT2D eigenvalue weighted by molar-refractivity contribution is 4.55. The normalized spacial score (nSPS) is 13.2. The van der Waals surface area contributed by atoms with Crippen molar-refractivity contribution >= 4 is 0 Å². The number of ether oxygens (including phenoxy) is 6. The Balaban J connectivity index is 3.90. The lowest BCUT2D eigenvalue weighted by molar-refractivity contribution is -0.214. The third kappa shape index (κ3) is 9.72. The van der Waals surface area contributed by atoms with Crippen molar-refractivity contribution in [3.63, 3.8) is 0 Å². The Hall–Kier alpha value is -0.280. The third-order valence-corrected chi connectivity index (χ3v) is 2.01. The van der Waals surface area contributed by atoms with Gasteiger partial charge >= 0.3 is 0 Å². The fourth-order valence-corrected chi connectivity index (χ4v) is 1.08. The van der Waals surface area contributed by atoms with E-state index in [1.807, 2.05) is 0 Å². The maximum absolute atomic E-state index is 5.81. The van der Waals surface area contributed by atoms with Gasteiger partial charge in [0, 0.05) is 21.3 Å². The molecule has 1 unspecified atom stereocenters. The Morgan fingerprint density at radius 2 is 1.06 bits per heavy atom. The summed E-state index contributed by atoms with van der Waals surface area (Å²) in [6.07, 6.45) is -1.32. The van der Waals surface area contributed by atoms with Crippen molar-refractivity contribution < 1.29 is 28.4 Å². The summed E-state index contributed by atoms with van der Waals surface area (Å²) in [6, 6.07) is 0. The zero-order chi connectivity index (χ0) is 13.6. The molecule has 0 bridgehead atoms. The summed E-state index contributed by atoms with van der Waals surface area (Å²) >= 11 is 0. The second-order valence-electron chi connectivity index (χ2n) is 3.42. The monoisotopic (exact) mass is 267 g/mol. The van der Waals surface area contributed by atoms with Gasteiger partial charge < -0.3 is 34.2 Å². The fourth-order valence-electron chi connectivity index (χ4n) is 1.08. The molecule has 0 aliphatic carbocycles. The third-order valence-electron chi connectivity index (χ3n) is 2.01. The fraction of sp³-hybridized carbons (Fsp3) is 1.00. The lowest BCUT2D eigenvalue weighted by Gasteiger charge is -2.24. The van der Waals surface area contributed by atoms with Gasteiger partial charge in [0.15, 0.2) is 12.5 Å². The first-order valence-electron chi connectivity index (χ1n) is 5.83. The molecule has 0 heterocycles. The SMILES string of the molecule is COCCOC(N)C(OCCOC)OCCOC. The predicted octanol–water partition coefficient (Wildman–Crippen LogP) is -0.414. The maximum atomic E-state index is 5.81. The first-order valence-corrected chi connectivity index (χ1v) is 5.83. The maximum Gasteiger partial charge on any atom is 0.197 e. The van der Waals surface area contributed by atoms with E-state index >= 15 is 0 Å². The van der Waals surface area contributed by atoms with Crippen LogP contribution in [-0.2, 0) is 28.4 Å². The topological polar surface area (TPSA) is 81.4 Å². The lowest BCUT2D eigenvalue weighted by Crippen LogP contribution is -2.42. The molecule has 0 aromatic heterocycles. The average molecular weight is 267 g/mol. The van der Waals surface area contributed by atoms with Gasteiger partial charge in [-0.25, -0.2) is 0 Å². The summed E-state index contributed by atoms with van der Waals surface area (Å²) in [7, 11) is 4.79. The van der Waals surface area contributed by atoms with E-state index in [2.05, 4.69) is 0 Å². The van der Waals surface area contributed by atoms with Crippen LogP contribution >= 0.6 is 0 Å². The van der Waals surface area contributed by atoms with Crippen molar-refractivity contribution in [3.05, 3.63) is 0 Å².